The average molecular weight is 365 g/mol. The number of likely N-dealkylation sites (N-methyl/N-ethyl adjacent to an activating group) is 1. The fraction of sp³-hybridized carbons (Fsp3) is 0.188. The Kier molecular flexibility index (Phi) is 5.81. The molecule has 1 aromatic heterocycles. The molecule has 0 saturated heterocycles. The van der Waals surface area contributed by atoms with Gasteiger partial charge in [0.1, 0.15) is 11.1 Å². The summed E-state index contributed by atoms with van der Waals surface area (Å²) in [7, 11) is -2.66. The maximum absolute atomic E-state index is 13.1. The van der Waals surface area contributed by atoms with Gasteiger partial charge in [-0.15, -0.1) is 0 Å². The van der Waals surface area contributed by atoms with Crippen molar-refractivity contribution in [3.05, 3.63) is 60.2 Å². The number of nitrogens with zero attached hydrogens (tertiary/aromatic N) is 1. The van der Waals surface area contributed by atoms with Crippen LogP contribution >= 0.6 is 0 Å². The summed E-state index contributed by atoms with van der Waals surface area (Å²) < 4.78 is 38.9. The van der Waals surface area contributed by atoms with Crippen LogP contribution in [0.2, 0.25) is 0 Å². The maximum Gasteiger partial charge on any atom is 0.309 e. The maximum atomic E-state index is 13.1. The topological polar surface area (TPSA) is 105 Å². The molecule has 9 heteroatoms. The first kappa shape index (κ1) is 18.5. The van der Waals surface area contributed by atoms with Gasteiger partial charge >= 0.3 is 11.8 Å². The number of aromatic nitrogens is 1. The first-order valence-electron chi connectivity index (χ1n) is 7.25. The molecule has 2 aromatic rings. The molecule has 132 valence electrons. The molecule has 0 bridgehead atoms. The molecular formula is C16H16FN3O4S. The van der Waals surface area contributed by atoms with E-state index in [0.29, 0.717) is 5.56 Å². The van der Waals surface area contributed by atoms with Gasteiger partial charge in [0.15, 0.2) is 9.84 Å². The van der Waals surface area contributed by atoms with Crippen molar-refractivity contribution >= 4 is 21.7 Å². The number of amides is 2. The standard InChI is InChI=1S/C16H16FN3O4S/c1-18-15(21)16(22)20-10-14(11-3-2-8-19-9-11)25(23,24)13-6-4-12(17)5-7-13/h2-9,14H,10H2,1H3,(H,18,21)(H,20,22)/t14-/m0/s1. The number of carbonyl (C=O) groups excluding carboxylic acids is 2. The van der Waals surface area contributed by atoms with Gasteiger partial charge in [0, 0.05) is 26.0 Å². The van der Waals surface area contributed by atoms with Crippen LogP contribution in [-0.4, -0.2) is 38.8 Å². The number of benzene rings is 1. The van der Waals surface area contributed by atoms with Gasteiger partial charge < -0.3 is 10.6 Å². The van der Waals surface area contributed by atoms with E-state index < -0.39 is 32.7 Å². The minimum atomic E-state index is -3.95. The quantitative estimate of drug-likeness (QED) is 0.596. The van der Waals surface area contributed by atoms with Gasteiger partial charge in [0.25, 0.3) is 0 Å². The van der Waals surface area contributed by atoms with E-state index in [1.165, 1.54) is 19.4 Å². The first-order chi connectivity index (χ1) is 11.9. The summed E-state index contributed by atoms with van der Waals surface area (Å²) in [4.78, 5) is 26.7. The van der Waals surface area contributed by atoms with Crippen molar-refractivity contribution in [2.24, 2.45) is 0 Å². The zero-order valence-corrected chi connectivity index (χ0v) is 14.1. The van der Waals surface area contributed by atoms with Gasteiger partial charge in [0.05, 0.1) is 4.90 Å². The highest BCUT2D eigenvalue weighted by atomic mass is 32.2. The van der Waals surface area contributed by atoms with Crippen molar-refractivity contribution in [2.75, 3.05) is 13.6 Å². The van der Waals surface area contributed by atoms with Gasteiger partial charge in [-0.1, -0.05) is 6.07 Å². The Hall–Kier alpha value is -2.81. The summed E-state index contributed by atoms with van der Waals surface area (Å²) >= 11 is 0. The monoisotopic (exact) mass is 365 g/mol. The summed E-state index contributed by atoms with van der Waals surface area (Å²) in [6, 6.07) is 7.48. The van der Waals surface area contributed by atoms with Crippen LogP contribution in [0.25, 0.3) is 0 Å². The number of halogens is 1. The zero-order valence-electron chi connectivity index (χ0n) is 13.3. The molecule has 1 heterocycles. The van der Waals surface area contributed by atoms with E-state index in [1.807, 2.05) is 0 Å². The fourth-order valence-electron chi connectivity index (χ4n) is 2.14. The number of hydrogen-bond donors (Lipinski definition) is 2. The largest absolute Gasteiger partial charge is 0.351 e. The predicted octanol–water partition coefficient (Wildman–Crippen LogP) is 0.598. The van der Waals surface area contributed by atoms with E-state index in [2.05, 4.69) is 15.6 Å². The van der Waals surface area contributed by atoms with E-state index in [-0.39, 0.29) is 11.4 Å². The molecule has 0 saturated carbocycles. The molecule has 0 radical (unpaired) electrons. The van der Waals surface area contributed by atoms with Gasteiger partial charge in [-0.05, 0) is 35.9 Å². The second-order valence-electron chi connectivity index (χ2n) is 5.06. The minimum Gasteiger partial charge on any atom is -0.351 e. The van der Waals surface area contributed by atoms with Crippen molar-refractivity contribution in [3.8, 4) is 0 Å². The normalized spacial score (nSPS) is 12.2. The molecule has 1 aromatic carbocycles. The number of pyridine rings is 1. The highest BCUT2D eigenvalue weighted by Gasteiger charge is 2.30. The molecule has 1 atom stereocenters. The van der Waals surface area contributed by atoms with Crippen LogP contribution in [0.3, 0.4) is 0 Å². The highest BCUT2D eigenvalue weighted by Crippen LogP contribution is 2.28. The smallest absolute Gasteiger partial charge is 0.309 e. The van der Waals surface area contributed by atoms with E-state index in [4.69, 9.17) is 0 Å². The second-order valence-corrected chi connectivity index (χ2v) is 7.19. The lowest BCUT2D eigenvalue weighted by Gasteiger charge is -2.18. The summed E-state index contributed by atoms with van der Waals surface area (Å²) in [6.45, 7) is -0.336. The lowest BCUT2D eigenvalue weighted by Crippen LogP contribution is -2.41. The number of carbonyl (C=O) groups is 2. The van der Waals surface area contributed by atoms with Crippen molar-refractivity contribution < 1.29 is 22.4 Å². The van der Waals surface area contributed by atoms with E-state index in [1.54, 1.807) is 12.1 Å². The van der Waals surface area contributed by atoms with Crippen LogP contribution in [-0.2, 0) is 19.4 Å². The Morgan fingerprint density at radius 3 is 2.40 bits per heavy atom. The predicted molar refractivity (Wildman–Crippen MR) is 87.6 cm³/mol. The fourth-order valence-corrected chi connectivity index (χ4v) is 3.79. The Balaban J connectivity index is 2.36. The van der Waals surface area contributed by atoms with Crippen molar-refractivity contribution in [1.82, 2.24) is 15.6 Å². The molecule has 0 aliphatic heterocycles. The summed E-state index contributed by atoms with van der Waals surface area (Å²) in [5, 5.41) is 3.26. The van der Waals surface area contributed by atoms with Crippen LogP contribution < -0.4 is 10.6 Å². The van der Waals surface area contributed by atoms with E-state index in [0.717, 1.165) is 24.3 Å². The molecular weight excluding hydrogens is 349 g/mol. The number of rotatable bonds is 5. The molecule has 7 nitrogen and oxygen atoms in total. The third-order valence-electron chi connectivity index (χ3n) is 3.45. The van der Waals surface area contributed by atoms with Crippen molar-refractivity contribution in [1.29, 1.82) is 0 Å². The third kappa shape index (κ3) is 4.38. The van der Waals surface area contributed by atoms with E-state index in [9.17, 15) is 22.4 Å². The van der Waals surface area contributed by atoms with Gasteiger partial charge in [0.2, 0.25) is 0 Å². The Bertz CT molecular complexity index is 855. The lowest BCUT2D eigenvalue weighted by atomic mass is 10.2. The Morgan fingerprint density at radius 2 is 1.84 bits per heavy atom. The SMILES string of the molecule is CNC(=O)C(=O)NC[C@@H](c1cccnc1)S(=O)(=O)c1ccc(F)cc1. The Morgan fingerprint density at radius 1 is 1.16 bits per heavy atom. The summed E-state index contributed by atoms with van der Waals surface area (Å²) in [5.74, 6) is -2.40. The molecule has 0 aliphatic carbocycles. The van der Waals surface area contributed by atoms with Crippen LogP contribution in [0.1, 0.15) is 10.8 Å². The first-order valence-corrected chi connectivity index (χ1v) is 8.80. The molecule has 2 rings (SSSR count). The highest BCUT2D eigenvalue weighted by molar-refractivity contribution is 7.91. The molecule has 25 heavy (non-hydrogen) atoms. The van der Waals surface area contributed by atoms with Crippen LogP contribution in [0.15, 0.2) is 53.7 Å². The molecule has 2 N–H and O–H groups in total. The van der Waals surface area contributed by atoms with Gasteiger partial charge in [-0.25, -0.2) is 12.8 Å². The molecule has 0 unspecified atom stereocenters. The average Bonchev–Trinajstić information content (AvgIpc) is 2.62. The molecule has 0 spiro atoms. The van der Waals surface area contributed by atoms with Gasteiger partial charge in [-0.3, -0.25) is 14.6 Å². The number of nitrogens with one attached hydrogen (secondary N) is 2. The second kappa shape index (κ2) is 7.84. The van der Waals surface area contributed by atoms with Gasteiger partial charge in [-0.2, -0.15) is 0 Å². The minimum absolute atomic E-state index is 0.100. The summed E-state index contributed by atoms with van der Waals surface area (Å²) in [5.41, 5.74) is 0.337. The molecule has 0 aliphatic rings. The summed E-state index contributed by atoms with van der Waals surface area (Å²) in [6.07, 6.45) is 2.84. The van der Waals surface area contributed by atoms with Crippen LogP contribution in [0.5, 0.6) is 0 Å². The molecule has 0 fully saturated rings. The van der Waals surface area contributed by atoms with Crippen molar-refractivity contribution in [3.63, 3.8) is 0 Å². The van der Waals surface area contributed by atoms with E-state index >= 15 is 0 Å². The Labute approximate surface area is 144 Å². The number of hydrogen-bond acceptors (Lipinski definition) is 5. The third-order valence-corrected chi connectivity index (χ3v) is 5.57. The lowest BCUT2D eigenvalue weighted by molar-refractivity contribution is -0.138. The zero-order chi connectivity index (χ0) is 18.4. The number of sulfone groups is 1. The van der Waals surface area contributed by atoms with Crippen molar-refractivity contribution in [2.45, 2.75) is 10.1 Å². The molecule has 2 amide bonds. The van der Waals surface area contributed by atoms with Crippen LogP contribution in [0, 0.1) is 5.82 Å². The van der Waals surface area contributed by atoms with Crippen LogP contribution in [0.4, 0.5) is 4.39 Å².